The maximum atomic E-state index is 12.3. The fourth-order valence-corrected chi connectivity index (χ4v) is 4.13. The fraction of sp³-hybridized carbons (Fsp3) is 0.452. The summed E-state index contributed by atoms with van der Waals surface area (Å²) in [5.41, 5.74) is -0.0864. The summed E-state index contributed by atoms with van der Waals surface area (Å²) in [4.78, 5) is 36.0. The average Bonchev–Trinajstić information content (AvgIpc) is 2.94. The summed E-state index contributed by atoms with van der Waals surface area (Å²) in [7, 11) is 0. The van der Waals surface area contributed by atoms with Crippen LogP contribution in [0.1, 0.15) is 75.6 Å². The molecule has 212 valence electrons. The Morgan fingerprint density at radius 2 is 1.33 bits per heavy atom. The molecule has 2 rings (SSSR count). The van der Waals surface area contributed by atoms with Gasteiger partial charge in [-0.2, -0.15) is 0 Å². The van der Waals surface area contributed by atoms with Crippen LogP contribution in [0.15, 0.2) is 55.6 Å². The summed E-state index contributed by atoms with van der Waals surface area (Å²) in [5, 5.41) is 11.2. The van der Waals surface area contributed by atoms with Gasteiger partial charge in [0.05, 0.1) is 0 Å². The first-order valence-electron chi connectivity index (χ1n) is 13.5. The van der Waals surface area contributed by atoms with Crippen molar-refractivity contribution in [1.29, 1.82) is 0 Å². The summed E-state index contributed by atoms with van der Waals surface area (Å²) in [6.45, 7) is 11.1. The minimum Gasteiger partial charge on any atom is -0.489 e. The van der Waals surface area contributed by atoms with E-state index in [1.165, 1.54) is 6.07 Å². The molecule has 0 heterocycles. The highest BCUT2D eigenvalue weighted by Gasteiger charge is 2.23. The number of rotatable bonds is 19. The molecule has 0 saturated carbocycles. The Morgan fingerprint density at radius 1 is 0.821 bits per heavy atom. The van der Waals surface area contributed by atoms with Crippen LogP contribution in [-0.4, -0.2) is 48.4 Å². The molecule has 8 heteroatoms. The Balaban J connectivity index is 2.35. The molecule has 0 fully saturated rings. The lowest BCUT2D eigenvalue weighted by Crippen LogP contribution is -2.25. The van der Waals surface area contributed by atoms with E-state index in [0.29, 0.717) is 29.4 Å². The molecular formula is C31H40O8. The quantitative estimate of drug-likeness (QED) is 0.120. The van der Waals surface area contributed by atoms with Crippen molar-refractivity contribution in [3.8, 4) is 11.5 Å². The predicted octanol–water partition coefficient (Wildman–Crippen LogP) is 6.65. The van der Waals surface area contributed by atoms with Crippen LogP contribution >= 0.6 is 0 Å². The zero-order valence-electron chi connectivity index (χ0n) is 23.0. The van der Waals surface area contributed by atoms with Gasteiger partial charge < -0.3 is 24.1 Å². The molecule has 0 spiro atoms. The van der Waals surface area contributed by atoms with Crippen LogP contribution in [0.2, 0.25) is 0 Å². The van der Waals surface area contributed by atoms with Crippen LogP contribution in [0.3, 0.4) is 0 Å². The molecule has 1 N–H and O–H groups in total. The van der Waals surface area contributed by atoms with E-state index in [1.807, 2.05) is 12.1 Å². The van der Waals surface area contributed by atoms with E-state index < -0.39 is 30.1 Å². The van der Waals surface area contributed by atoms with Gasteiger partial charge in [0.2, 0.25) is 0 Å². The van der Waals surface area contributed by atoms with Crippen molar-refractivity contribution in [2.75, 3.05) is 13.2 Å². The lowest BCUT2D eigenvalue weighted by Gasteiger charge is -2.22. The van der Waals surface area contributed by atoms with Gasteiger partial charge in [0.25, 0.3) is 0 Å². The van der Waals surface area contributed by atoms with Gasteiger partial charge in [-0.1, -0.05) is 77.0 Å². The van der Waals surface area contributed by atoms with Crippen molar-refractivity contribution in [2.24, 2.45) is 0 Å². The van der Waals surface area contributed by atoms with Crippen LogP contribution in [0.25, 0.3) is 10.8 Å². The highest BCUT2D eigenvalue weighted by atomic mass is 16.6. The number of benzene rings is 2. The van der Waals surface area contributed by atoms with Gasteiger partial charge in [0, 0.05) is 22.9 Å². The Labute approximate surface area is 230 Å². The second-order valence-corrected chi connectivity index (χ2v) is 9.24. The molecule has 2 aromatic rings. The molecule has 0 aromatic heterocycles. The molecule has 39 heavy (non-hydrogen) atoms. The van der Waals surface area contributed by atoms with Crippen LogP contribution in [0.4, 0.5) is 0 Å². The number of carboxylic acid groups (broad SMARTS) is 1. The SMILES string of the molecule is C=CC(=O)OC(CCCCC)COc1cc(C(=O)O)c(OCC(CCCCC)OC(=O)C=C)c2ccccc12. The van der Waals surface area contributed by atoms with Crippen molar-refractivity contribution in [1.82, 2.24) is 0 Å². The maximum Gasteiger partial charge on any atom is 0.339 e. The van der Waals surface area contributed by atoms with Crippen molar-refractivity contribution in [3.63, 3.8) is 0 Å². The molecule has 2 atom stereocenters. The third-order valence-electron chi connectivity index (χ3n) is 6.18. The second-order valence-electron chi connectivity index (χ2n) is 9.24. The molecule has 0 aliphatic carbocycles. The number of ether oxygens (including phenoxy) is 4. The van der Waals surface area contributed by atoms with E-state index in [4.69, 9.17) is 18.9 Å². The average molecular weight is 541 g/mol. The van der Waals surface area contributed by atoms with Gasteiger partial charge in [-0.05, 0) is 31.7 Å². The molecule has 8 nitrogen and oxygen atoms in total. The number of aromatic carboxylic acids is 1. The molecule has 0 amide bonds. The molecule has 0 saturated heterocycles. The van der Waals surface area contributed by atoms with E-state index in [2.05, 4.69) is 27.0 Å². The number of unbranched alkanes of at least 4 members (excludes halogenated alkanes) is 4. The van der Waals surface area contributed by atoms with E-state index in [0.717, 1.165) is 50.7 Å². The summed E-state index contributed by atoms with van der Waals surface area (Å²) >= 11 is 0. The van der Waals surface area contributed by atoms with E-state index in [9.17, 15) is 19.5 Å². The van der Waals surface area contributed by atoms with Crippen LogP contribution in [-0.2, 0) is 19.1 Å². The Morgan fingerprint density at radius 3 is 1.82 bits per heavy atom. The molecular weight excluding hydrogens is 500 g/mol. The highest BCUT2D eigenvalue weighted by Crippen LogP contribution is 2.37. The van der Waals surface area contributed by atoms with Gasteiger partial charge in [-0.25, -0.2) is 14.4 Å². The van der Waals surface area contributed by atoms with Crippen LogP contribution in [0.5, 0.6) is 11.5 Å². The van der Waals surface area contributed by atoms with Crippen molar-refractivity contribution in [2.45, 2.75) is 77.4 Å². The molecule has 2 aromatic carbocycles. The van der Waals surface area contributed by atoms with Gasteiger partial charge in [-0.3, -0.25) is 0 Å². The third-order valence-corrected chi connectivity index (χ3v) is 6.18. The lowest BCUT2D eigenvalue weighted by molar-refractivity contribution is -0.145. The van der Waals surface area contributed by atoms with Gasteiger partial charge >= 0.3 is 17.9 Å². The first kappa shape index (κ1) is 31.4. The number of hydrogen-bond donors (Lipinski definition) is 1. The minimum atomic E-state index is -1.19. The Bertz CT molecular complexity index is 1120. The smallest absolute Gasteiger partial charge is 0.339 e. The van der Waals surface area contributed by atoms with E-state index >= 15 is 0 Å². The zero-order chi connectivity index (χ0) is 28.6. The summed E-state index contributed by atoms with van der Waals surface area (Å²) in [6.07, 6.45) is 8.02. The number of fused-ring (bicyclic) bond motifs is 1. The van der Waals surface area contributed by atoms with Crippen LogP contribution in [0, 0.1) is 0 Å². The Kier molecular flexibility index (Phi) is 13.6. The summed E-state index contributed by atoms with van der Waals surface area (Å²) < 4.78 is 23.0. The normalized spacial score (nSPS) is 12.3. The van der Waals surface area contributed by atoms with Gasteiger partial charge in [0.15, 0.2) is 0 Å². The number of hydrogen-bond acceptors (Lipinski definition) is 7. The monoisotopic (exact) mass is 540 g/mol. The largest absolute Gasteiger partial charge is 0.489 e. The third kappa shape index (κ3) is 10.1. The summed E-state index contributed by atoms with van der Waals surface area (Å²) in [6, 6.07) is 8.57. The predicted molar refractivity (Wildman–Crippen MR) is 150 cm³/mol. The van der Waals surface area contributed by atoms with E-state index in [1.54, 1.807) is 12.1 Å². The number of carbonyl (C=O) groups excluding carboxylic acids is 2. The standard InChI is InChI=1S/C31H40O8/c1-5-9-11-15-22(38-28(32)7-3)20-36-27-19-26(31(34)35)30(25-18-14-13-17-24(25)27)37-21-23(16-12-10-6-2)39-29(33)8-4/h7-8,13-14,17-19,22-23H,3-6,9-12,15-16,20-21H2,1-2H3,(H,34,35). The van der Waals surface area contributed by atoms with Crippen molar-refractivity contribution >= 4 is 28.7 Å². The maximum absolute atomic E-state index is 12.3. The summed E-state index contributed by atoms with van der Waals surface area (Å²) in [5.74, 6) is -1.78. The lowest BCUT2D eigenvalue weighted by atomic mass is 10.0. The van der Waals surface area contributed by atoms with Crippen molar-refractivity contribution < 1.29 is 38.4 Å². The van der Waals surface area contributed by atoms with Crippen molar-refractivity contribution in [3.05, 3.63) is 61.2 Å². The number of esters is 2. The molecule has 0 aliphatic rings. The highest BCUT2D eigenvalue weighted by molar-refractivity contribution is 6.03. The molecule has 0 bridgehead atoms. The first-order chi connectivity index (χ1) is 18.8. The van der Waals surface area contributed by atoms with Gasteiger partial charge in [0.1, 0.15) is 42.5 Å². The minimum absolute atomic E-state index is 0.00915. The molecule has 0 radical (unpaired) electrons. The second kappa shape index (κ2) is 16.9. The van der Waals surface area contributed by atoms with E-state index in [-0.39, 0.29) is 24.5 Å². The topological polar surface area (TPSA) is 108 Å². The first-order valence-corrected chi connectivity index (χ1v) is 13.5. The van der Waals surface area contributed by atoms with Gasteiger partial charge in [-0.15, -0.1) is 0 Å². The molecule has 2 unspecified atom stereocenters. The van der Waals surface area contributed by atoms with Crippen LogP contribution < -0.4 is 9.47 Å². The number of carboxylic acids is 1. The fourth-order valence-electron chi connectivity index (χ4n) is 4.13. The Hall–Kier alpha value is -3.81. The molecule has 0 aliphatic heterocycles. The zero-order valence-corrected chi connectivity index (χ0v) is 23.0. The number of carbonyl (C=O) groups is 3.